The van der Waals surface area contributed by atoms with Gasteiger partial charge in [0.2, 0.25) is 0 Å². The first-order chi connectivity index (χ1) is 12.5. The molecule has 26 heavy (non-hydrogen) atoms. The molecule has 0 radical (unpaired) electrons. The standard InChI is InChI=1S/C20H21FNO3P/c21-18-11-13-20(14-12-18,15-26(23,24)25-22)19(16-7-3-1-4-8-16)17-9-5-2-6-10-17/h1-13,19H,14-15,22H2,(H,23,24)/t20-/m0/s1. The van der Waals surface area contributed by atoms with E-state index in [1.807, 2.05) is 60.7 Å². The fraction of sp³-hybridized carbons (Fsp3) is 0.200. The Kier molecular flexibility index (Phi) is 5.54. The second-order valence-corrected chi connectivity index (χ2v) is 8.32. The van der Waals surface area contributed by atoms with Crippen molar-refractivity contribution in [1.82, 2.24) is 0 Å². The summed E-state index contributed by atoms with van der Waals surface area (Å²) in [7, 11) is -4.05. The lowest BCUT2D eigenvalue weighted by Gasteiger charge is -2.40. The predicted molar refractivity (Wildman–Crippen MR) is 100 cm³/mol. The first kappa shape index (κ1) is 18.7. The van der Waals surface area contributed by atoms with Crippen molar-refractivity contribution in [1.29, 1.82) is 0 Å². The molecule has 1 aliphatic carbocycles. The van der Waals surface area contributed by atoms with Crippen LogP contribution in [0.25, 0.3) is 0 Å². The van der Waals surface area contributed by atoms with Crippen molar-refractivity contribution in [2.45, 2.75) is 12.3 Å². The highest BCUT2D eigenvalue weighted by atomic mass is 31.2. The molecule has 0 amide bonds. The quantitative estimate of drug-likeness (QED) is 0.569. The van der Waals surface area contributed by atoms with Crippen LogP contribution in [0.5, 0.6) is 0 Å². The average Bonchev–Trinajstić information content (AvgIpc) is 2.66. The van der Waals surface area contributed by atoms with Crippen LogP contribution in [0.15, 0.2) is 84.7 Å². The lowest BCUT2D eigenvalue weighted by atomic mass is 9.66. The maximum atomic E-state index is 13.7. The molecule has 0 fully saturated rings. The fourth-order valence-corrected chi connectivity index (χ4v) is 4.88. The first-order valence-electron chi connectivity index (χ1n) is 8.31. The van der Waals surface area contributed by atoms with Crippen LogP contribution in [-0.4, -0.2) is 11.1 Å². The van der Waals surface area contributed by atoms with E-state index in [2.05, 4.69) is 4.62 Å². The zero-order valence-electron chi connectivity index (χ0n) is 14.2. The molecule has 0 spiro atoms. The van der Waals surface area contributed by atoms with Crippen LogP contribution in [0.1, 0.15) is 23.5 Å². The number of allylic oxidation sites excluding steroid dienone is 4. The highest BCUT2D eigenvalue weighted by Gasteiger charge is 2.44. The molecule has 0 aliphatic heterocycles. The third-order valence-electron chi connectivity index (χ3n) is 4.75. The monoisotopic (exact) mass is 373 g/mol. The average molecular weight is 373 g/mol. The van der Waals surface area contributed by atoms with Crippen molar-refractivity contribution >= 4 is 7.60 Å². The molecule has 3 rings (SSSR count). The molecule has 0 saturated heterocycles. The van der Waals surface area contributed by atoms with Gasteiger partial charge in [-0.1, -0.05) is 66.7 Å². The van der Waals surface area contributed by atoms with Crippen molar-refractivity contribution < 1.29 is 18.5 Å². The number of halogens is 1. The van der Waals surface area contributed by atoms with Gasteiger partial charge in [-0.05, 0) is 29.7 Å². The number of hydrogen-bond acceptors (Lipinski definition) is 3. The van der Waals surface area contributed by atoms with Crippen molar-refractivity contribution in [3.63, 3.8) is 0 Å². The topological polar surface area (TPSA) is 72.5 Å². The summed E-state index contributed by atoms with van der Waals surface area (Å²) in [6.45, 7) is 0. The van der Waals surface area contributed by atoms with Crippen LogP contribution >= 0.6 is 7.60 Å². The van der Waals surface area contributed by atoms with Gasteiger partial charge in [0.25, 0.3) is 0 Å². The van der Waals surface area contributed by atoms with Crippen LogP contribution in [0.3, 0.4) is 0 Å². The molecule has 1 unspecified atom stereocenters. The number of nitrogens with two attached hydrogens (primary N) is 1. The Balaban J connectivity index is 2.17. The summed E-state index contributed by atoms with van der Waals surface area (Å²) in [4.78, 5) is 10.1. The van der Waals surface area contributed by atoms with Gasteiger partial charge in [-0.15, -0.1) is 0 Å². The van der Waals surface area contributed by atoms with E-state index >= 15 is 0 Å². The normalized spacial score (nSPS) is 22.1. The molecule has 2 aromatic rings. The molecule has 4 nitrogen and oxygen atoms in total. The van der Waals surface area contributed by atoms with E-state index in [4.69, 9.17) is 5.90 Å². The highest BCUT2D eigenvalue weighted by molar-refractivity contribution is 7.52. The van der Waals surface area contributed by atoms with E-state index in [1.165, 1.54) is 12.2 Å². The number of rotatable bonds is 6. The van der Waals surface area contributed by atoms with Crippen molar-refractivity contribution in [2.75, 3.05) is 6.16 Å². The third-order valence-corrected chi connectivity index (χ3v) is 6.07. The lowest BCUT2D eigenvalue weighted by Crippen LogP contribution is -2.33. The molecule has 2 aromatic carbocycles. The summed E-state index contributed by atoms with van der Waals surface area (Å²) < 4.78 is 30.4. The van der Waals surface area contributed by atoms with Gasteiger partial charge in [-0.25, -0.2) is 14.9 Å². The van der Waals surface area contributed by atoms with Gasteiger partial charge in [0.1, 0.15) is 5.83 Å². The molecular formula is C20H21FNO3P. The van der Waals surface area contributed by atoms with Crippen LogP contribution in [0, 0.1) is 5.41 Å². The van der Waals surface area contributed by atoms with Crippen molar-refractivity contribution in [3.05, 3.63) is 95.8 Å². The minimum absolute atomic E-state index is 0.217. The van der Waals surface area contributed by atoms with Crippen LogP contribution in [0.4, 0.5) is 4.39 Å². The molecule has 1 aliphatic rings. The van der Waals surface area contributed by atoms with Gasteiger partial charge < -0.3 is 4.89 Å². The summed E-state index contributed by atoms with van der Waals surface area (Å²) in [6.07, 6.45) is 4.51. The Labute approximate surface area is 152 Å². The minimum atomic E-state index is -4.05. The Morgan fingerprint density at radius 2 is 1.65 bits per heavy atom. The van der Waals surface area contributed by atoms with Gasteiger partial charge in [0.05, 0.1) is 6.16 Å². The minimum Gasteiger partial charge on any atom is -0.323 e. The number of hydrogen-bond donors (Lipinski definition) is 2. The summed E-state index contributed by atoms with van der Waals surface area (Å²) >= 11 is 0. The maximum Gasteiger partial charge on any atom is 0.345 e. The van der Waals surface area contributed by atoms with Gasteiger partial charge in [0.15, 0.2) is 0 Å². The van der Waals surface area contributed by atoms with E-state index in [9.17, 15) is 13.8 Å². The zero-order chi connectivity index (χ0) is 18.6. The van der Waals surface area contributed by atoms with Crippen LogP contribution in [-0.2, 0) is 9.19 Å². The van der Waals surface area contributed by atoms with E-state index in [0.29, 0.717) is 0 Å². The van der Waals surface area contributed by atoms with Gasteiger partial charge >= 0.3 is 7.60 Å². The Morgan fingerprint density at radius 1 is 1.12 bits per heavy atom. The van der Waals surface area contributed by atoms with Crippen molar-refractivity contribution in [3.8, 4) is 0 Å². The largest absolute Gasteiger partial charge is 0.345 e. The maximum absolute atomic E-state index is 13.7. The third kappa shape index (κ3) is 4.02. The van der Waals surface area contributed by atoms with Gasteiger partial charge in [0, 0.05) is 11.3 Å². The first-order valence-corrected chi connectivity index (χ1v) is 10.1. The van der Waals surface area contributed by atoms with Crippen LogP contribution < -0.4 is 5.90 Å². The summed E-state index contributed by atoms with van der Waals surface area (Å²) in [5.41, 5.74) is 1.09. The van der Waals surface area contributed by atoms with Crippen molar-refractivity contribution in [2.24, 2.45) is 11.3 Å². The smallest absolute Gasteiger partial charge is 0.323 e. The molecular weight excluding hydrogens is 352 g/mol. The van der Waals surface area contributed by atoms with Gasteiger partial charge in [-0.3, -0.25) is 4.57 Å². The molecule has 136 valence electrons. The van der Waals surface area contributed by atoms with Crippen LogP contribution in [0.2, 0.25) is 0 Å². The van der Waals surface area contributed by atoms with E-state index in [0.717, 1.165) is 11.1 Å². The molecule has 2 atom stereocenters. The fourth-order valence-electron chi connectivity index (χ4n) is 3.65. The number of benzene rings is 2. The van der Waals surface area contributed by atoms with Gasteiger partial charge in [-0.2, -0.15) is 0 Å². The molecule has 0 heterocycles. The second-order valence-electron chi connectivity index (χ2n) is 6.51. The highest BCUT2D eigenvalue weighted by Crippen LogP contribution is 2.56. The SMILES string of the molecule is NOP(=O)(O)C[C@]1(C(c2ccccc2)c2ccccc2)C=CC(F)=CC1. The molecule has 3 N–H and O–H groups in total. The van der Waals surface area contributed by atoms with E-state index < -0.39 is 13.0 Å². The molecule has 0 bridgehead atoms. The molecule has 6 heteroatoms. The Morgan fingerprint density at radius 3 is 2.08 bits per heavy atom. The summed E-state index contributed by atoms with van der Waals surface area (Å²) in [5.74, 6) is 4.44. The lowest BCUT2D eigenvalue weighted by molar-refractivity contribution is 0.247. The van der Waals surface area contributed by atoms with E-state index in [-0.39, 0.29) is 24.3 Å². The summed E-state index contributed by atoms with van der Waals surface area (Å²) in [5, 5.41) is 0. The second kappa shape index (κ2) is 7.68. The molecule has 0 saturated carbocycles. The predicted octanol–water partition coefficient (Wildman–Crippen LogP) is 4.69. The zero-order valence-corrected chi connectivity index (χ0v) is 15.1. The molecule has 0 aromatic heterocycles. The summed E-state index contributed by atoms with van der Waals surface area (Å²) in [6, 6.07) is 19.4. The Bertz CT molecular complexity index is 814. The van der Waals surface area contributed by atoms with E-state index in [1.54, 1.807) is 6.08 Å². The Hall–Kier alpha value is -2.04.